The maximum absolute atomic E-state index is 2.59. The van der Waals surface area contributed by atoms with E-state index in [9.17, 15) is 0 Å². The second-order valence-electron chi connectivity index (χ2n) is 3.10. The summed E-state index contributed by atoms with van der Waals surface area (Å²) in [4.78, 5) is 2.59. The first-order chi connectivity index (χ1) is 3.95. The summed E-state index contributed by atoms with van der Waals surface area (Å²) in [5, 5.41) is 0. The third-order valence-electron chi connectivity index (χ3n) is 2.46. The fourth-order valence-corrected chi connectivity index (χ4v) is 1.96. The van der Waals surface area contributed by atoms with Crippen molar-refractivity contribution in [2.45, 2.75) is 19.3 Å². The van der Waals surface area contributed by atoms with Crippen LogP contribution >= 0.6 is 24.0 Å². The van der Waals surface area contributed by atoms with Crippen LogP contribution in [-0.4, -0.2) is 24.5 Å². The molecule has 2 aliphatic heterocycles. The van der Waals surface area contributed by atoms with Crippen LogP contribution in [0.4, 0.5) is 0 Å². The molecule has 2 saturated heterocycles. The van der Waals surface area contributed by atoms with E-state index >= 15 is 0 Å². The maximum Gasteiger partial charge on any atom is 0.00101 e. The van der Waals surface area contributed by atoms with Crippen molar-refractivity contribution in [2.75, 3.05) is 19.6 Å². The van der Waals surface area contributed by atoms with E-state index < -0.39 is 0 Å². The van der Waals surface area contributed by atoms with E-state index in [1.54, 1.807) is 0 Å². The highest BCUT2D eigenvalue weighted by Crippen LogP contribution is 2.25. The third-order valence-corrected chi connectivity index (χ3v) is 2.46. The van der Waals surface area contributed by atoms with Gasteiger partial charge in [0.2, 0.25) is 0 Å². The highest BCUT2D eigenvalue weighted by atomic mass is 127. The zero-order valence-corrected chi connectivity index (χ0v) is 8.01. The van der Waals surface area contributed by atoms with Gasteiger partial charge in [-0.1, -0.05) is 0 Å². The van der Waals surface area contributed by atoms with Crippen LogP contribution in [0.5, 0.6) is 0 Å². The number of hydrogen-bond acceptors (Lipinski definition) is 1. The van der Waals surface area contributed by atoms with Crippen LogP contribution in [0.2, 0.25) is 0 Å². The molecule has 0 aromatic heterocycles. The molecule has 0 radical (unpaired) electrons. The van der Waals surface area contributed by atoms with E-state index in [-0.39, 0.29) is 24.0 Å². The van der Waals surface area contributed by atoms with Gasteiger partial charge in [-0.25, -0.2) is 0 Å². The van der Waals surface area contributed by atoms with Crippen molar-refractivity contribution >= 4 is 24.0 Å². The van der Waals surface area contributed by atoms with Crippen LogP contribution in [-0.2, 0) is 0 Å². The van der Waals surface area contributed by atoms with Crippen LogP contribution < -0.4 is 0 Å². The van der Waals surface area contributed by atoms with Gasteiger partial charge in [-0.15, -0.1) is 24.0 Å². The molecule has 54 valence electrons. The number of piperidine rings is 1. The van der Waals surface area contributed by atoms with Gasteiger partial charge in [-0.3, -0.25) is 0 Å². The molecule has 0 amide bonds. The Hall–Kier alpha value is 0.690. The molecule has 0 saturated carbocycles. The minimum atomic E-state index is 0. The normalized spacial score (nSPS) is 40.0. The van der Waals surface area contributed by atoms with Gasteiger partial charge in [0.05, 0.1) is 0 Å². The standard InChI is InChI=1S/C7H13N.HI/c1-2-7-3-5-8(4-1)6-7;/h7H,1-6H2;1H. The summed E-state index contributed by atoms with van der Waals surface area (Å²) >= 11 is 0. The quantitative estimate of drug-likeness (QED) is 0.582. The summed E-state index contributed by atoms with van der Waals surface area (Å²) in [5.74, 6) is 1.09. The zero-order valence-electron chi connectivity index (χ0n) is 5.68. The molecule has 2 rings (SSSR count). The summed E-state index contributed by atoms with van der Waals surface area (Å²) in [7, 11) is 0. The summed E-state index contributed by atoms with van der Waals surface area (Å²) in [5.41, 5.74) is 0. The van der Waals surface area contributed by atoms with Gasteiger partial charge in [0.25, 0.3) is 0 Å². The van der Waals surface area contributed by atoms with Crippen molar-refractivity contribution in [3.05, 3.63) is 0 Å². The maximum atomic E-state index is 2.59. The van der Waals surface area contributed by atoms with Crippen molar-refractivity contribution in [1.29, 1.82) is 0 Å². The van der Waals surface area contributed by atoms with Crippen LogP contribution in [0, 0.1) is 5.92 Å². The SMILES string of the molecule is C1CC2CCN(C1)C2.I. The molecule has 0 aliphatic carbocycles. The Morgan fingerprint density at radius 3 is 2.67 bits per heavy atom. The largest absolute Gasteiger partial charge is 0.303 e. The molecule has 2 bridgehead atoms. The van der Waals surface area contributed by atoms with Gasteiger partial charge >= 0.3 is 0 Å². The van der Waals surface area contributed by atoms with Crippen molar-refractivity contribution in [2.24, 2.45) is 5.92 Å². The summed E-state index contributed by atoms with van der Waals surface area (Å²) in [6.07, 6.45) is 4.46. The molecule has 0 aromatic carbocycles. The molecule has 9 heavy (non-hydrogen) atoms. The monoisotopic (exact) mass is 239 g/mol. The first-order valence-electron chi connectivity index (χ1n) is 3.67. The summed E-state index contributed by atoms with van der Waals surface area (Å²) in [6, 6.07) is 0. The average molecular weight is 239 g/mol. The lowest BCUT2D eigenvalue weighted by Crippen LogP contribution is -2.25. The van der Waals surface area contributed by atoms with Gasteiger partial charge < -0.3 is 4.90 Å². The van der Waals surface area contributed by atoms with Crippen molar-refractivity contribution < 1.29 is 0 Å². The van der Waals surface area contributed by atoms with Crippen LogP contribution in [0.1, 0.15) is 19.3 Å². The Bertz CT molecular complexity index is 80.9. The topological polar surface area (TPSA) is 3.24 Å². The molecule has 1 nitrogen and oxygen atoms in total. The summed E-state index contributed by atoms with van der Waals surface area (Å²) in [6.45, 7) is 4.20. The molecule has 2 heteroatoms. The fraction of sp³-hybridized carbons (Fsp3) is 1.00. The highest BCUT2D eigenvalue weighted by molar-refractivity contribution is 14.0. The zero-order chi connectivity index (χ0) is 5.40. The lowest BCUT2D eigenvalue weighted by Gasteiger charge is -2.20. The molecule has 2 atom stereocenters. The molecule has 0 N–H and O–H groups in total. The number of rotatable bonds is 0. The predicted molar refractivity (Wildman–Crippen MR) is 49.2 cm³/mol. The van der Waals surface area contributed by atoms with E-state index in [1.165, 1.54) is 38.9 Å². The van der Waals surface area contributed by atoms with E-state index in [0.717, 1.165) is 5.92 Å². The molecule has 0 aromatic rings. The Morgan fingerprint density at radius 2 is 2.00 bits per heavy atom. The summed E-state index contributed by atoms with van der Waals surface area (Å²) < 4.78 is 0. The lowest BCUT2D eigenvalue weighted by atomic mass is 10.0. The van der Waals surface area contributed by atoms with Crippen molar-refractivity contribution in [1.82, 2.24) is 4.90 Å². The second-order valence-corrected chi connectivity index (χ2v) is 3.10. The lowest BCUT2D eigenvalue weighted by molar-refractivity contribution is 0.270. The molecule has 0 spiro atoms. The number of halogens is 1. The van der Waals surface area contributed by atoms with E-state index in [2.05, 4.69) is 4.90 Å². The molecular weight excluding hydrogens is 225 g/mol. The number of hydrogen-bond donors (Lipinski definition) is 0. The Labute approximate surface area is 73.8 Å². The van der Waals surface area contributed by atoms with Crippen LogP contribution in [0.25, 0.3) is 0 Å². The van der Waals surface area contributed by atoms with Gasteiger partial charge in [-0.05, 0) is 38.3 Å². The predicted octanol–water partition coefficient (Wildman–Crippen LogP) is 1.72. The molecule has 2 unspecified atom stereocenters. The molecule has 2 heterocycles. The average Bonchev–Trinajstić information content (AvgIpc) is 2.12. The van der Waals surface area contributed by atoms with Crippen molar-refractivity contribution in [3.8, 4) is 0 Å². The minimum Gasteiger partial charge on any atom is -0.303 e. The number of nitrogens with zero attached hydrogens (tertiary/aromatic N) is 1. The second kappa shape index (κ2) is 3.19. The van der Waals surface area contributed by atoms with Crippen LogP contribution in [0.3, 0.4) is 0 Å². The minimum absolute atomic E-state index is 0. The van der Waals surface area contributed by atoms with Gasteiger partial charge in [0.15, 0.2) is 0 Å². The van der Waals surface area contributed by atoms with Crippen LogP contribution in [0.15, 0.2) is 0 Å². The first kappa shape index (κ1) is 7.79. The Kier molecular flexibility index (Phi) is 2.76. The Morgan fingerprint density at radius 1 is 1.11 bits per heavy atom. The molecular formula is C7H14IN. The Balaban J connectivity index is 0.000000405. The highest BCUT2D eigenvalue weighted by Gasteiger charge is 2.25. The molecule has 2 aliphatic rings. The van der Waals surface area contributed by atoms with Gasteiger partial charge in [0, 0.05) is 6.54 Å². The third kappa shape index (κ3) is 1.58. The molecule has 2 fully saturated rings. The smallest absolute Gasteiger partial charge is 0.00101 e. The first-order valence-corrected chi connectivity index (χ1v) is 3.67. The van der Waals surface area contributed by atoms with E-state index in [0.29, 0.717) is 0 Å². The van der Waals surface area contributed by atoms with Gasteiger partial charge in [0.1, 0.15) is 0 Å². The fourth-order valence-electron chi connectivity index (χ4n) is 1.96. The van der Waals surface area contributed by atoms with Gasteiger partial charge in [-0.2, -0.15) is 0 Å². The van der Waals surface area contributed by atoms with Crippen molar-refractivity contribution in [3.63, 3.8) is 0 Å². The van der Waals surface area contributed by atoms with E-state index in [4.69, 9.17) is 0 Å². The number of fused-ring (bicyclic) bond motifs is 2. The van der Waals surface area contributed by atoms with E-state index in [1.807, 2.05) is 0 Å².